The summed E-state index contributed by atoms with van der Waals surface area (Å²) in [6.45, 7) is 0. The Bertz CT molecular complexity index is 2840. The van der Waals surface area contributed by atoms with Crippen LogP contribution in [0.15, 0.2) is 191 Å². The minimum absolute atomic E-state index is 0.596. The van der Waals surface area contributed by atoms with Crippen molar-refractivity contribution in [3.8, 4) is 33.7 Å². The lowest BCUT2D eigenvalue weighted by molar-refractivity contribution is 0.620. The zero-order valence-corrected chi connectivity index (χ0v) is 27.5. The van der Waals surface area contributed by atoms with Crippen LogP contribution in [-0.2, 0) is 0 Å². The summed E-state index contributed by atoms with van der Waals surface area (Å²) in [7, 11) is 0. The van der Waals surface area contributed by atoms with Gasteiger partial charge in [0, 0.05) is 39.2 Å². The van der Waals surface area contributed by atoms with E-state index in [0.29, 0.717) is 5.89 Å². The monoisotopic (exact) mass is 654 g/mol. The van der Waals surface area contributed by atoms with Gasteiger partial charge in [0.1, 0.15) is 16.7 Å². The molecule has 0 fully saturated rings. The number of anilines is 3. The van der Waals surface area contributed by atoms with Gasteiger partial charge in [0.25, 0.3) is 0 Å². The van der Waals surface area contributed by atoms with Gasteiger partial charge in [-0.3, -0.25) is 0 Å². The molecule has 0 aliphatic carbocycles. The second-order valence-electron chi connectivity index (χ2n) is 12.8. The van der Waals surface area contributed by atoms with E-state index in [9.17, 15) is 0 Å². The van der Waals surface area contributed by atoms with Crippen molar-refractivity contribution in [2.45, 2.75) is 0 Å². The molecule has 0 amide bonds. The third-order valence-electron chi connectivity index (χ3n) is 9.66. The Morgan fingerprint density at radius 2 is 0.980 bits per heavy atom. The molecule has 0 bridgehead atoms. The summed E-state index contributed by atoms with van der Waals surface area (Å²) in [6, 6.07) is 63.6. The maximum absolute atomic E-state index is 6.43. The maximum Gasteiger partial charge on any atom is 0.227 e. The number of fused-ring (bicyclic) bond motifs is 5. The number of furan rings is 1. The van der Waals surface area contributed by atoms with Crippen molar-refractivity contribution in [1.29, 1.82) is 0 Å². The van der Waals surface area contributed by atoms with Crippen molar-refractivity contribution < 1.29 is 8.83 Å². The van der Waals surface area contributed by atoms with Crippen LogP contribution in [0.2, 0.25) is 0 Å². The van der Waals surface area contributed by atoms with E-state index >= 15 is 0 Å². The Balaban J connectivity index is 1.18. The molecule has 2 heterocycles. The number of aromatic nitrogens is 1. The first-order valence-electron chi connectivity index (χ1n) is 17.1. The van der Waals surface area contributed by atoms with Gasteiger partial charge in [0.15, 0.2) is 5.58 Å². The molecule has 0 spiro atoms. The molecule has 4 nitrogen and oxygen atoms in total. The van der Waals surface area contributed by atoms with Gasteiger partial charge in [-0.25, -0.2) is 4.98 Å². The van der Waals surface area contributed by atoms with Crippen LogP contribution in [0, 0.1) is 0 Å². The molecule has 0 unspecified atom stereocenters. The standard InChI is InChI=1S/C47H30N2O2/c1-4-12-31(13-5-1)33-20-22-37(23-21-33)49(43-27-36(32-14-6-2-7-15-32)26-35-18-10-11-19-39(35)43)38-24-25-44-40(28-38)41-29-46-42(30-45(41)50-44)48-47(51-46)34-16-8-3-9-17-34/h1-30H. The second kappa shape index (κ2) is 11.9. The highest BCUT2D eigenvalue weighted by Gasteiger charge is 2.20. The number of oxazole rings is 1. The van der Waals surface area contributed by atoms with Crippen molar-refractivity contribution in [2.24, 2.45) is 0 Å². The molecule has 51 heavy (non-hydrogen) atoms. The van der Waals surface area contributed by atoms with Crippen molar-refractivity contribution >= 4 is 60.9 Å². The lowest BCUT2D eigenvalue weighted by atomic mass is 9.98. The van der Waals surface area contributed by atoms with Gasteiger partial charge in [-0.05, 0) is 88.3 Å². The van der Waals surface area contributed by atoms with Gasteiger partial charge >= 0.3 is 0 Å². The number of rotatable bonds is 6. The molecule has 0 aliphatic heterocycles. The molecule has 0 atom stereocenters. The molecule has 0 radical (unpaired) electrons. The average Bonchev–Trinajstić information content (AvgIpc) is 3.78. The van der Waals surface area contributed by atoms with E-state index < -0.39 is 0 Å². The predicted octanol–water partition coefficient (Wildman–Crippen LogP) is 13.4. The fourth-order valence-electron chi connectivity index (χ4n) is 7.16. The molecular formula is C47H30N2O2. The van der Waals surface area contributed by atoms with Gasteiger partial charge in [-0.2, -0.15) is 0 Å². The zero-order valence-electron chi connectivity index (χ0n) is 27.5. The van der Waals surface area contributed by atoms with Crippen molar-refractivity contribution in [2.75, 3.05) is 4.90 Å². The third kappa shape index (κ3) is 5.13. The molecule has 240 valence electrons. The zero-order chi connectivity index (χ0) is 33.7. The highest BCUT2D eigenvalue weighted by molar-refractivity contribution is 6.11. The number of hydrogen-bond donors (Lipinski definition) is 0. The third-order valence-corrected chi connectivity index (χ3v) is 9.66. The maximum atomic E-state index is 6.43. The molecular weight excluding hydrogens is 625 g/mol. The molecule has 10 aromatic rings. The number of hydrogen-bond acceptors (Lipinski definition) is 4. The number of benzene rings is 8. The van der Waals surface area contributed by atoms with E-state index in [-0.39, 0.29) is 0 Å². The van der Waals surface area contributed by atoms with Gasteiger partial charge in [0.2, 0.25) is 5.89 Å². The lowest BCUT2D eigenvalue weighted by Crippen LogP contribution is -2.10. The van der Waals surface area contributed by atoms with E-state index in [2.05, 4.69) is 150 Å². The fourth-order valence-corrected chi connectivity index (χ4v) is 7.16. The van der Waals surface area contributed by atoms with E-state index in [0.717, 1.165) is 61.2 Å². The Kier molecular flexibility index (Phi) is 6.78. The Hall–Kier alpha value is -6.91. The van der Waals surface area contributed by atoms with Crippen molar-refractivity contribution in [3.05, 3.63) is 182 Å². The van der Waals surface area contributed by atoms with Gasteiger partial charge in [0.05, 0.1) is 5.69 Å². The highest BCUT2D eigenvalue weighted by Crippen LogP contribution is 2.44. The van der Waals surface area contributed by atoms with Crippen LogP contribution in [0.5, 0.6) is 0 Å². The first-order valence-corrected chi connectivity index (χ1v) is 17.1. The quantitative estimate of drug-likeness (QED) is 0.179. The molecule has 0 saturated heterocycles. The van der Waals surface area contributed by atoms with Crippen LogP contribution in [0.3, 0.4) is 0 Å². The lowest BCUT2D eigenvalue weighted by Gasteiger charge is -2.28. The number of nitrogens with zero attached hydrogens (tertiary/aromatic N) is 2. The normalized spacial score (nSPS) is 11.5. The van der Waals surface area contributed by atoms with E-state index in [1.807, 2.05) is 36.4 Å². The highest BCUT2D eigenvalue weighted by atomic mass is 16.4. The van der Waals surface area contributed by atoms with Crippen LogP contribution in [0.1, 0.15) is 0 Å². The molecule has 0 N–H and O–H groups in total. The average molecular weight is 655 g/mol. The van der Waals surface area contributed by atoms with Gasteiger partial charge < -0.3 is 13.7 Å². The van der Waals surface area contributed by atoms with Crippen LogP contribution in [-0.4, -0.2) is 4.98 Å². The summed E-state index contributed by atoms with van der Waals surface area (Å²) in [5.41, 5.74) is 11.9. The SMILES string of the molecule is c1ccc(-c2ccc(N(c3ccc4oc5cc6nc(-c7ccccc7)oc6cc5c4c3)c3cc(-c4ccccc4)cc4ccccc34)cc2)cc1. The summed E-state index contributed by atoms with van der Waals surface area (Å²) >= 11 is 0. The van der Waals surface area contributed by atoms with E-state index in [1.54, 1.807) is 0 Å². The van der Waals surface area contributed by atoms with Gasteiger partial charge in [-0.1, -0.05) is 115 Å². The molecule has 8 aromatic carbocycles. The summed E-state index contributed by atoms with van der Waals surface area (Å²) in [4.78, 5) is 7.15. The van der Waals surface area contributed by atoms with Crippen LogP contribution < -0.4 is 4.90 Å². The molecule has 2 aromatic heterocycles. The van der Waals surface area contributed by atoms with E-state index in [1.165, 1.54) is 27.5 Å². The van der Waals surface area contributed by atoms with Crippen LogP contribution in [0.4, 0.5) is 17.1 Å². The van der Waals surface area contributed by atoms with Crippen LogP contribution in [0.25, 0.3) is 77.5 Å². The van der Waals surface area contributed by atoms with E-state index in [4.69, 9.17) is 13.8 Å². The van der Waals surface area contributed by atoms with Crippen molar-refractivity contribution in [3.63, 3.8) is 0 Å². The molecule has 0 saturated carbocycles. The minimum atomic E-state index is 0.596. The summed E-state index contributed by atoms with van der Waals surface area (Å²) in [5, 5.41) is 4.34. The first kappa shape index (κ1) is 29.0. The predicted molar refractivity (Wildman–Crippen MR) is 210 cm³/mol. The fraction of sp³-hybridized carbons (Fsp3) is 0. The minimum Gasteiger partial charge on any atom is -0.456 e. The molecule has 0 aliphatic rings. The molecule has 4 heteroatoms. The first-order chi connectivity index (χ1) is 25.2. The topological polar surface area (TPSA) is 42.4 Å². The largest absolute Gasteiger partial charge is 0.456 e. The smallest absolute Gasteiger partial charge is 0.227 e. The Morgan fingerprint density at radius 1 is 0.373 bits per heavy atom. The van der Waals surface area contributed by atoms with Crippen molar-refractivity contribution in [1.82, 2.24) is 4.98 Å². The summed E-state index contributed by atoms with van der Waals surface area (Å²) in [6.07, 6.45) is 0. The van der Waals surface area contributed by atoms with Gasteiger partial charge in [-0.15, -0.1) is 0 Å². The Labute approximate surface area is 294 Å². The summed E-state index contributed by atoms with van der Waals surface area (Å²) < 4.78 is 12.7. The second-order valence-corrected chi connectivity index (χ2v) is 12.8. The molecule has 10 rings (SSSR count). The summed E-state index contributed by atoms with van der Waals surface area (Å²) in [5.74, 6) is 0.596. The Morgan fingerprint density at radius 3 is 1.73 bits per heavy atom. The van der Waals surface area contributed by atoms with Crippen LogP contribution >= 0.6 is 0 Å².